The van der Waals surface area contributed by atoms with Crippen LogP contribution in [-0.4, -0.2) is 81.6 Å². The summed E-state index contributed by atoms with van der Waals surface area (Å²) in [5.74, 6) is -0.436. The van der Waals surface area contributed by atoms with E-state index in [1.807, 2.05) is 44.2 Å². The first-order valence-electron chi connectivity index (χ1n) is 14.9. The fourth-order valence-corrected chi connectivity index (χ4v) is 6.32. The standard InChI is InChI=1S/C33H40ClN3O7S/c1-25(2)43-20-6-17-35-33(39)32(27-7-4-3-5-8-27)37(23-26-9-11-28(34)12-10-26)31(38)24-44-29-13-15-30(16-14-29)45(40,41)36-18-21-42-22-19-36/h3-5,7-16,25,32H,6,17-24H2,1-2H3,(H,35,39). The number of halogens is 1. The van der Waals surface area contributed by atoms with Gasteiger partial charge in [0.25, 0.3) is 5.91 Å². The van der Waals surface area contributed by atoms with Gasteiger partial charge in [-0.25, -0.2) is 8.42 Å². The molecule has 1 unspecified atom stereocenters. The average Bonchev–Trinajstić information content (AvgIpc) is 3.05. The number of benzene rings is 3. The second-order valence-corrected chi connectivity index (χ2v) is 13.2. The number of nitrogens with one attached hydrogen (secondary N) is 1. The van der Waals surface area contributed by atoms with Crippen molar-refractivity contribution in [2.75, 3.05) is 46.1 Å². The van der Waals surface area contributed by atoms with Crippen LogP contribution < -0.4 is 10.1 Å². The Morgan fingerprint density at radius 2 is 1.64 bits per heavy atom. The van der Waals surface area contributed by atoms with Gasteiger partial charge in [-0.15, -0.1) is 0 Å². The van der Waals surface area contributed by atoms with Gasteiger partial charge in [-0.2, -0.15) is 4.31 Å². The molecule has 4 rings (SSSR count). The third kappa shape index (κ3) is 10.0. The van der Waals surface area contributed by atoms with Crippen molar-refractivity contribution in [2.45, 2.75) is 43.9 Å². The highest BCUT2D eigenvalue weighted by molar-refractivity contribution is 7.89. The van der Waals surface area contributed by atoms with Gasteiger partial charge in [0.05, 0.1) is 24.2 Å². The molecule has 2 amide bonds. The van der Waals surface area contributed by atoms with E-state index >= 15 is 0 Å². The Kier molecular flexibility index (Phi) is 12.8. The lowest BCUT2D eigenvalue weighted by atomic mass is 10.0. The van der Waals surface area contributed by atoms with Crippen LogP contribution in [0, 0.1) is 0 Å². The first kappa shape index (κ1) is 34.4. The molecule has 0 bridgehead atoms. The van der Waals surface area contributed by atoms with Gasteiger partial charge in [-0.1, -0.05) is 54.1 Å². The minimum Gasteiger partial charge on any atom is -0.484 e. The molecule has 3 aromatic rings. The van der Waals surface area contributed by atoms with E-state index < -0.39 is 22.0 Å². The Morgan fingerprint density at radius 3 is 2.29 bits per heavy atom. The van der Waals surface area contributed by atoms with Crippen LogP contribution >= 0.6 is 11.6 Å². The number of nitrogens with zero attached hydrogens (tertiary/aromatic N) is 2. The highest BCUT2D eigenvalue weighted by atomic mass is 35.5. The number of amides is 2. The van der Waals surface area contributed by atoms with E-state index in [9.17, 15) is 18.0 Å². The lowest BCUT2D eigenvalue weighted by Gasteiger charge is -2.31. The van der Waals surface area contributed by atoms with Crippen LogP contribution in [0.5, 0.6) is 5.75 Å². The zero-order valence-corrected chi connectivity index (χ0v) is 27.1. The minimum absolute atomic E-state index is 0.0932. The molecule has 1 atom stereocenters. The van der Waals surface area contributed by atoms with Crippen molar-refractivity contribution >= 4 is 33.4 Å². The van der Waals surface area contributed by atoms with Gasteiger partial charge in [0.15, 0.2) is 6.61 Å². The topological polar surface area (TPSA) is 114 Å². The van der Waals surface area contributed by atoms with Gasteiger partial charge >= 0.3 is 0 Å². The quantitative estimate of drug-likeness (QED) is 0.240. The molecular formula is C33H40ClN3O7S. The van der Waals surface area contributed by atoms with Gasteiger partial charge in [-0.05, 0) is 67.8 Å². The van der Waals surface area contributed by atoms with Crippen molar-refractivity contribution in [3.8, 4) is 5.75 Å². The molecule has 1 fully saturated rings. The minimum atomic E-state index is -3.67. The van der Waals surface area contributed by atoms with E-state index in [1.54, 1.807) is 24.3 Å². The summed E-state index contributed by atoms with van der Waals surface area (Å²) >= 11 is 6.10. The van der Waals surface area contributed by atoms with E-state index in [1.165, 1.54) is 33.5 Å². The van der Waals surface area contributed by atoms with Crippen molar-refractivity contribution in [3.63, 3.8) is 0 Å². The maximum atomic E-state index is 13.9. The summed E-state index contributed by atoms with van der Waals surface area (Å²) in [5, 5.41) is 3.52. The van der Waals surface area contributed by atoms with Crippen molar-refractivity contribution in [3.05, 3.63) is 95.0 Å². The largest absolute Gasteiger partial charge is 0.484 e. The smallest absolute Gasteiger partial charge is 0.261 e. The molecule has 0 radical (unpaired) electrons. The molecule has 0 spiro atoms. The van der Waals surface area contributed by atoms with E-state index in [4.69, 9.17) is 25.8 Å². The van der Waals surface area contributed by atoms with Gasteiger partial charge < -0.3 is 24.4 Å². The van der Waals surface area contributed by atoms with E-state index in [0.717, 1.165) is 5.56 Å². The van der Waals surface area contributed by atoms with Gasteiger partial charge in [0.1, 0.15) is 11.8 Å². The number of rotatable bonds is 15. The first-order chi connectivity index (χ1) is 21.6. The van der Waals surface area contributed by atoms with Crippen molar-refractivity contribution in [1.29, 1.82) is 0 Å². The van der Waals surface area contributed by atoms with Gasteiger partial charge in [0, 0.05) is 37.8 Å². The van der Waals surface area contributed by atoms with Crippen LogP contribution in [0.15, 0.2) is 83.8 Å². The van der Waals surface area contributed by atoms with Crippen LogP contribution in [-0.2, 0) is 35.6 Å². The first-order valence-corrected chi connectivity index (χ1v) is 16.8. The Balaban J connectivity index is 1.52. The summed E-state index contributed by atoms with van der Waals surface area (Å²) in [7, 11) is -3.67. The molecule has 1 aliphatic rings. The number of carbonyl (C=O) groups is 2. The predicted molar refractivity (Wildman–Crippen MR) is 171 cm³/mol. The fourth-order valence-electron chi connectivity index (χ4n) is 4.79. The Labute approximate surface area is 270 Å². The van der Waals surface area contributed by atoms with Gasteiger partial charge in [-0.3, -0.25) is 9.59 Å². The molecule has 1 aliphatic heterocycles. The fraction of sp³-hybridized carbons (Fsp3) is 0.394. The van der Waals surface area contributed by atoms with Crippen LogP contribution in [0.1, 0.15) is 37.4 Å². The molecule has 242 valence electrons. The van der Waals surface area contributed by atoms with E-state index in [0.29, 0.717) is 62.2 Å². The summed E-state index contributed by atoms with van der Waals surface area (Å²) in [6, 6.07) is 21.2. The Hall–Kier alpha value is -3.48. The lowest BCUT2D eigenvalue weighted by Crippen LogP contribution is -2.45. The number of morpholine rings is 1. The second kappa shape index (κ2) is 16.7. The summed E-state index contributed by atoms with van der Waals surface area (Å²) in [4.78, 5) is 29.2. The molecule has 1 saturated heterocycles. The SMILES string of the molecule is CC(C)OCCCNC(=O)C(c1ccccc1)N(Cc1ccc(Cl)cc1)C(=O)COc1ccc(S(=O)(=O)N2CCOCC2)cc1. The molecule has 12 heteroatoms. The zero-order chi connectivity index (χ0) is 32.2. The molecule has 0 aromatic heterocycles. The van der Waals surface area contributed by atoms with Crippen molar-refractivity contribution < 1.29 is 32.2 Å². The van der Waals surface area contributed by atoms with Crippen LogP contribution in [0.2, 0.25) is 5.02 Å². The third-order valence-corrected chi connectivity index (χ3v) is 9.29. The number of hydrogen-bond donors (Lipinski definition) is 1. The number of ether oxygens (including phenoxy) is 3. The highest BCUT2D eigenvalue weighted by Gasteiger charge is 2.32. The van der Waals surface area contributed by atoms with Crippen LogP contribution in [0.25, 0.3) is 0 Å². The molecular weight excluding hydrogens is 618 g/mol. The summed E-state index contributed by atoms with van der Waals surface area (Å²) < 4.78 is 44.0. The molecule has 1 heterocycles. The molecule has 3 aromatic carbocycles. The Morgan fingerprint density at radius 1 is 0.978 bits per heavy atom. The van der Waals surface area contributed by atoms with Gasteiger partial charge in [0.2, 0.25) is 15.9 Å². The maximum absolute atomic E-state index is 13.9. The van der Waals surface area contributed by atoms with E-state index in [2.05, 4.69) is 5.32 Å². The summed E-state index contributed by atoms with van der Waals surface area (Å²) in [5.41, 5.74) is 1.43. The Bertz CT molecular complexity index is 1480. The molecule has 10 nitrogen and oxygen atoms in total. The third-order valence-electron chi connectivity index (χ3n) is 7.13. The molecule has 1 N–H and O–H groups in total. The number of carbonyl (C=O) groups excluding carboxylic acids is 2. The highest BCUT2D eigenvalue weighted by Crippen LogP contribution is 2.26. The monoisotopic (exact) mass is 657 g/mol. The maximum Gasteiger partial charge on any atom is 0.261 e. The second-order valence-electron chi connectivity index (χ2n) is 10.8. The number of hydrogen-bond acceptors (Lipinski definition) is 7. The molecule has 0 aliphatic carbocycles. The average molecular weight is 658 g/mol. The molecule has 45 heavy (non-hydrogen) atoms. The summed E-state index contributed by atoms with van der Waals surface area (Å²) in [6.07, 6.45) is 0.715. The van der Waals surface area contributed by atoms with Crippen LogP contribution in [0.4, 0.5) is 0 Å². The van der Waals surface area contributed by atoms with Crippen molar-refractivity contribution in [1.82, 2.24) is 14.5 Å². The molecule has 0 saturated carbocycles. The number of sulfonamides is 1. The zero-order valence-electron chi connectivity index (χ0n) is 25.6. The van der Waals surface area contributed by atoms with Crippen molar-refractivity contribution in [2.24, 2.45) is 0 Å². The predicted octanol–water partition coefficient (Wildman–Crippen LogP) is 4.44. The normalized spacial score (nSPS) is 14.6. The van der Waals surface area contributed by atoms with E-state index in [-0.39, 0.29) is 30.1 Å². The lowest BCUT2D eigenvalue weighted by molar-refractivity contribution is -0.143. The van der Waals surface area contributed by atoms with Crippen LogP contribution in [0.3, 0.4) is 0 Å². The summed E-state index contributed by atoms with van der Waals surface area (Å²) in [6.45, 7) is 5.83.